The van der Waals surface area contributed by atoms with Gasteiger partial charge in [-0.05, 0) is 5.56 Å². The molecule has 1 amide bonds. The number of nitrogens with one attached hydrogen (secondary N) is 1. The fourth-order valence-electron chi connectivity index (χ4n) is 1.60. The van der Waals surface area contributed by atoms with E-state index in [-0.39, 0.29) is 12.3 Å². The van der Waals surface area contributed by atoms with Crippen LogP contribution in [0, 0.1) is 10.1 Å². The predicted molar refractivity (Wildman–Crippen MR) is 72.8 cm³/mol. The highest BCUT2D eigenvalue weighted by Crippen LogP contribution is 2.22. The van der Waals surface area contributed by atoms with Crippen molar-refractivity contribution in [2.45, 2.75) is 12.5 Å². The molecule has 1 aromatic carbocycles. The molecule has 112 valence electrons. The summed E-state index contributed by atoms with van der Waals surface area (Å²) in [6, 6.07) is 4.46. The van der Waals surface area contributed by atoms with E-state index in [1.54, 1.807) is 0 Å². The molecule has 0 heterocycles. The van der Waals surface area contributed by atoms with Crippen molar-refractivity contribution >= 4 is 17.7 Å². The highest BCUT2D eigenvalue weighted by atomic mass is 16.6. The van der Waals surface area contributed by atoms with Crippen molar-refractivity contribution in [3.8, 4) is 0 Å². The zero-order valence-corrected chi connectivity index (χ0v) is 11.0. The third-order valence-electron chi connectivity index (χ3n) is 2.49. The fraction of sp³-hybridized carbons (Fsp3) is 0.231. The van der Waals surface area contributed by atoms with E-state index in [1.165, 1.54) is 30.3 Å². The second-order valence-corrected chi connectivity index (χ2v) is 4.03. The second-order valence-electron chi connectivity index (χ2n) is 4.03. The third kappa shape index (κ3) is 5.31. The molecule has 0 radical (unpaired) electrons. The van der Waals surface area contributed by atoms with Gasteiger partial charge in [0.25, 0.3) is 5.69 Å². The fourth-order valence-corrected chi connectivity index (χ4v) is 1.60. The van der Waals surface area contributed by atoms with E-state index in [2.05, 4.69) is 11.9 Å². The Bertz CT molecular complexity index is 557. The molecule has 0 fully saturated rings. The number of rotatable bonds is 7. The molecule has 0 bridgehead atoms. The molecule has 0 saturated heterocycles. The van der Waals surface area contributed by atoms with Gasteiger partial charge in [0.1, 0.15) is 6.61 Å². The van der Waals surface area contributed by atoms with Gasteiger partial charge in [-0.25, -0.2) is 4.79 Å². The van der Waals surface area contributed by atoms with Gasteiger partial charge in [0.2, 0.25) is 0 Å². The van der Waals surface area contributed by atoms with Gasteiger partial charge < -0.3 is 15.2 Å². The number of carbonyl (C=O) groups excluding carboxylic acids is 1. The van der Waals surface area contributed by atoms with E-state index in [0.29, 0.717) is 5.56 Å². The summed E-state index contributed by atoms with van der Waals surface area (Å²) in [5.41, 5.74) is 0.117. The van der Waals surface area contributed by atoms with Gasteiger partial charge in [-0.1, -0.05) is 24.8 Å². The lowest BCUT2D eigenvalue weighted by molar-refractivity contribution is -0.384. The number of nitro benzene ring substituents is 1. The van der Waals surface area contributed by atoms with Gasteiger partial charge in [0, 0.05) is 12.1 Å². The van der Waals surface area contributed by atoms with Crippen LogP contribution < -0.4 is 5.32 Å². The molecule has 2 N–H and O–H groups in total. The smallest absolute Gasteiger partial charge is 0.407 e. The number of benzene rings is 1. The number of carboxylic acids is 1. The number of non-ortho nitro benzene ring substituents is 1. The van der Waals surface area contributed by atoms with Gasteiger partial charge in [-0.15, -0.1) is 0 Å². The van der Waals surface area contributed by atoms with E-state index in [9.17, 15) is 19.7 Å². The maximum absolute atomic E-state index is 11.5. The first kappa shape index (κ1) is 16.2. The molecule has 1 aromatic rings. The Hall–Kier alpha value is -2.90. The maximum atomic E-state index is 11.5. The van der Waals surface area contributed by atoms with Crippen LogP contribution in [0.25, 0.3) is 0 Å². The molecule has 8 heteroatoms. The Balaban J connectivity index is 2.93. The number of carboxylic acid groups (broad SMARTS) is 1. The average molecular weight is 294 g/mol. The number of carbonyl (C=O) groups is 2. The standard InChI is InChI=1S/C13H14N2O6/c1-2-6-21-13(18)14-11(8-12(16)17)9-4-3-5-10(7-9)15(19)20/h2-5,7,11H,1,6,8H2,(H,14,18)(H,16,17)/t11-/m1/s1. The Morgan fingerprint density at radius 1 is 1.52 bits per heavy atom. The Labute approximate surface area is 120 Å². The zero-order chi connectivity index (χ0) is 15.8. The number of hydrogen-bond acceptors (Lipinski definition) is 5. The van der Waals surface area contributed by atoms with Gasteiger partial charge in [-0.2, -0.15) is 0 Å². The van der Waals surface area contributed by atoms with Crippen LogP contribution in [-0.4, -0.2) is 28.7 Å². The summed E-state index contributed by atoms with van der Waals surface area (Å²) in [4.78, 5) is 32.5. The quantitative estimate of drug-likeness (QED) is 0.451. The topological polar surface area (TPSA) is 119 Å². The molecule has 0 aliphatic heterocycles. The summed E-state index contributed by atoms with van der Waals surface area (Å²) in [6.07, 6.45) is 0.108. The molecule has 0 spiro atoms. The summed E-state index contributed by atoms with van der Waals surface area (Å²) in [6.45, 7) is 3.35. The summed E-state index contributed by atoms with van der Waals surface area (Å²) in [5.74, 6) is -1.16. The summed E-state index contributed by atoms with van der Waals surface area (Å²) >= 11 is 0. The number of nitro groups is 1. The van der Waals surface area contributed by atoms with Crippen molar-refractivity contribution in [1.29, 1.82) is 0 Å². The molecule has 1 atom stereocenters. The minimum absolute atomic E-state index is 0.0272. The second kappa shape index (κ2) is 7.63. The SMILES string of the molecule is C=CCOC(=O)N[C@H](CC(=O)O)c1cccc([N+](=O)[O-])c1. The number of ether oxygens (including phenoxy) is 1. The highest BCUT2D eigenvalue weighted by molar-refractivity contribution is 5.72. The van der Waals surface area contributed by atoms with Crippen molar-refractivity contribution < 1.29 is 24.4 Å². The molecule has 21 heavy (non-hydrogen) atoms. The summed E-state index contributed by atoms with van der Waals surface area (Å²) in [5, 5.41) is 22.0. The van der Waals surface area contributed by atoms with Gasteiger partial charge in [-0.3, -0.25) is 14.9 Å². The number of aliphatic carboxylic acids is 1. The number of hydrogen-bond donors (Lipinski definition) is 2. The Morgan fingerprint density at radius 2 is 2.24 bits per heavy atom. The first-order valence-corrected chi connectivity index (χ1v) is 5.94. The van der Waals surface area contributed by atoms with Crippen molar-refractivity contribution in [1.82, 2.24) is 5.32 Å². The van der Waals surface area contributed by atoms with Gasteiger partial charge in [0.15, 0.2) is 0 Å². The molecule has 0 aliphatic rings. The molecule has 8 nitrogen and oxygen atoms in total. The van der Waals surface area contributed by atoms with Crippen molar-refractivity contribution in [2.75, 3.05) is 6.61 Å². The van der Waals surface area contributed by atoms with E-state index >= 15 is 0 Å². The van der Waals surface area contributed by atoms with Crippen molar-refractivity contribution in [3.05, 3.63) is 52.6 Å². The minimum Gasteiger partial charge on any atom is -0.481 e. The summed E-state index contributed by atoms with van der Waals surface area (Å²) in [7, 11) is 0. The van der Waals surface area contributed by atoms with Crippen LogP contribution in [0.15, 0.2) is 36.9 Å². The molecule has 0 aromatic heterocycles. The van der Waals surface area contributed by atoms with Gasteiger partial charge in [0.05, 0.1) is 17.4 Å². The number of nitrogens with zero attached hydrogens (tertiary/aromatic N) is 1. The summed E-state index contributed by atoms with van der Waals surface area (Å²) < 4.78 is 4.71. The van der Waals surface area contributed by atoms with E-state index in [1.807, 2.05) is 0 Å². The minimum atomic E-state index is -1.16. The zero-order valence-electron chi connectivity index (χ0n) is 11.0. The van der Waals surface area contributed by atoms with Gasteiger partial charge >= 0.3 is 12.1 Å². The van der Waals surface area contributed by atoms with Crippen LogP contribution in [-0.2, 0) is 9.53 Å². The monoisotopic (exact) mass is 294 g/mol. The molecule has 1 rings (SSSR count). The largest absolute Gasteiger partial charge is 0.481 e. The van der Waals surface area contributed by atoms with Crippen LogP contribution in [0.5, 0.6) is 0 Å². The van der Waals surface area contributed by atoms with Crippen LogP contribution in [0.4, 0.5) is 10.5 Å². The maximum Gasteiger partial charge on any atom is 0.407 e. The number of amides is 1. The van der Waals surface area contributed by atoms with Crippen molar-refractivity contribution in [3.63, 3.8) is 0 Å². The van der Waals surface area contributed by atoms with E-state index in [0.717, 1.165) is 0 Å². The molecule has 0 unspecified atom stereocenters. The normalized spacial score (nSPS) is 11.2. The first-order chi connectivity index (χ1) is 9.93. The Morgan fingerprint density at radius 3 is 2.81 bits per heavy atom. The lowest BCUT2D eigenvalue weighted by atomic mass is 10.0. The molecular formula is C13H14N2O6. The first-order valence-electron chi connectivity index (χ1n) is 5.94. The third-order valence-corrected chi connectivity index (χ3v) is 2.49. The lowest BCUT2D eigenvalue weighted by Crippen LogP contribution is -2.30. The Kier molecular flexibility index (Phi) is 5.87. The van der Waals surface area contributed by atoms with Crippen LogP contribution in [0.2, 0.25) is 0 Å². The average Bonchev–Trinajstić information content (AvgIpc) is 2.44. The number of alkyl carbamates (subject to hydrolysis) is 1. The highest BCUT2D eigenvalue weighted by Gasteiger charge is 2.20. The van der Waals surface area contributed by atoms with Crippen LogP contribution >= 0.6 is 0 Å². The molecule has 0 aliphatic carbocycles. The predicted octanol–water partition coefficient (Wildman–Crippen LogP) is 2.02. The van der Waals surface area contributed by atoms with E-state index < -0.39 is 29.4 Å². The van der Waals surface area contributed by atoms with Crippen LogP contribution in [0.3, 0.4) is 0 Å². The molecule has 0 saturated carbocycles. The van der Waals surface area contributed by atoms with Crippen molar-refractivity contribution in [2.24, 2.45) is 0 Å². The lowest BCUT2D eigenvalue weighted by Gasteiger charge is -2.16. The van der Waals surface area contributed by atoms with E-state index in [4.69, 9.17) is 9.84 Å². The molecular weight excluding hydrogens is 280 g/mol. The van der Waals surface area contributed by atoms with Crippen LogP contribution in [0.1, 0.15) is 18.0 Å².